The highest BCUT2D eigenvalue weighted by atomic mass is 16.5. The van der Waals surface area contributed by atoms with E-state index in [4.69, 9.17) is 9.47 Å². The zero-order valence-electron chi connectivity index (χ0n) is 14.9. The number of rotatable bonds is 6. The molecule has 1 N–H and O–H groups in total. The summed E-state index contributed by atoms with van der Waals surface area (Å²) in [6.45, 7) is 2.22. The summed E-state index contributed by atoms with van der Waals surface area (Å²) < 4.78 is 12.0. The number of hydrogen-bond acceptors (Lipinski definition) is 5. The quantitative estimate of drug-likeness (QED) is 0.738. The maximum Gasteiger partial charge on any atom is 0.278 e. The molecule has 0 fully saturated rings. The number of nitrogens with zero attached hydrogens (tertiary/aromatic N) is 3. The first-order valence-electron chi connectivity index (χ1n) is 8.08. The molecule has 0 spiro atoms. The van der Waals surface area contributed by atoms with Crippen molar-refractivity contribution in [2.75, 3.05) is 19.5 Å². The standard InChI is InChI=1S/C19H20N4O3/c1-13-4-8-15(9-5-13)23-17(12-25-2)18(21-22-23)19(24)20-14-6-10-16(26-3)11-7-14/h4-11H,12H2,1-3H3,(H,20,24). The Bertz CT molecular complexity index is 886. The molecule has 0 aliphatic rings. The summed E-state index contributed by atoms with van der Waals surface area (Å²) in [6.07, 6.45) is 0. The summed E-state index contributed by atoms with van der Waals surface area (Å²) in [7, 11) is 3.16. The molecule has 0 bridgehead atoms. The van der Waals surface area contributed by atoms with E-state index in [1.54, 1.807) is 43.2 Å². The molecule has 2 aromatic carbocycles. The summed E-state index contributed by atoms with van der Waals surface area (Å²) in [6, 6.07) is 14.9. The van der Waals surface area contributed by atoms with Crippen molar-refractivity contribution >= 4 is 11.6 Å². The van der Waals surface area contributed by atoms with Gasteiger partial charge in [0.2, 0.25) is 0 Å². The first kappa shape index (κ1) is 17.6. The lowest BCUT2D eigenvalue weighted by Gasteiger charge is -2.08. The maximum atomic E-state index is 12.6. The van der Waals surface area contributed by atoms with E-state index in [1.165, 1.54) is 0 Å². The van der Waals surface area contributed by atoms with Gasteiger partial charge in [0.25, 0.3) is 5.91 Å². The highest BCUT2D eigenvalue weighted by molar-refractivity contribution is 6.03. The predicted octanol–water partition coefficient (Wildman–Crippen LogP) is 2.98. The van der Waals surface area contributed by atoms with Crippen LogP contribution in [0.4, 0.5) is 5.69 Å². The molecular weight excluding hydrogens is 332 g/mol. The molecule has 3 rings (SSSR count). The Balaban J connectivity index is 1.88. The highest BCUT2D eigenvalue weighted by Gasteiger charge is 2.20. The number of ether oxygens (including phenoxy) is 2. The molecule has 0 saturated heterocycles. The monoisotopic (exact) mass is 352 g/mol. The molecule has 0 aliphatic carbocycles. The molecule has 7 nitrogen and oxygen atoms in total. The van der Waals surface area contributed by atoms with Crippen LogP contribution in [0.5, 0.6) is 5.75 Å². The summed E-state index contributed by atoms with van der Waals surface area (Å²) >= 11 is 0. The lowest BCUT2D eigenvalue weighted by Crippen LogP contribution is -2.16. The average molecular weight is 352 g/mol. The van der Waals surface area contributed by atoms with E-state index >= 15 is 0 Å². The zero-order chi connectivity index (χ0) is 18.5. The van der Waals surface area contributed by atoms with Crippen LogP contribution in [-0.2, 0) is 11.3 Å². The average Bonchev–Trinajstić information content (AvgIpc) is 3.07. The van der Waals surface area contributed by atoms with Crippen molar-refractivity contribution in [1.82, 2.24) is 15.0 Å². The van der Waals surface area contributed by atoms with Crippen LogP contribution >= 0.6 is 0 Å². The van der Waals surface area contributed by atoms with Crippen LogP contribution in [0, 0.1) is 6.92 Å². The Morgan fingerprint density at radius 1 is 1.08 bits per heavy atom. The first-order valence-corrected chi connectivity index (χ1v) is 8.08. The van der Waals surface area contributed by atoms with Crippen LogP contribution < -0.4 is 10.1 Å². The molecule has 0 saturated carbocycles. The fourth-order valence-corrected chi connectivity index (χ4v) is 2.50. The number of aryl methyl sites for hydroxylation is 1. The Hall–Kier alpha value is -3.19. The molecule has 26 heavy (non-hydrogen) atoms. The van der Waals surface area contributed by atoms with Crippen molar-refractivity contribution in [3.63, 3.8) is 0 Å². The van der Waals surface area contributed by atoms with E-state index in [9.17, 15) is 4.79 Å². The van der Waals surface area contributed by atoms with Gasteiger partial charge in [-0.15, -0.1) is 5.10 Å². The molecule has 0 unspecified atom stereocenters. The Labute approximate surface area is 151 Å². The number of carbonyl (C=O) groups is 1. The molecule has 7 heteroatoms. The first-order chi connectivity index (χ1) is 12.6. The fourth-order valence-electron chi connectivity index (χ4n) is 2.50. The van der Waals surface area contributed by atoms with Gasteiger partial charge in [0.1, 0.15) is 11.4 Å². The van der Waals surface area contributed by atoms with Crippen LogP contribution in [-0.4, -0.2) is 35.1 Å². The number of benzene rings is 2. The van der Waals surface area contributed by atoms with Crippen molar-refractivity contribution < 1.29 is 14.3 Å². The summed E-state index contributed by atoms with van der Waals surface area (Å²) in [4.78, 5) is 12.6. The van der Waals surface area contributed by atoms with Gasteiger partial charge in [-0.25, -0.2) is 4.68 Å². The minimum atomic E-state index is -0.347. The van der Waals surface area contributed by atoms with Gasteiger partial charge in [-0.05, 0) is 43.3 Å². The number of anilines is 1. The van der Waals surface area contributed by atoms with Gasteiger partial charge >= 0.3 is 0 Å². The van der Waals surface area contributed by atoms with Crippen LogP contribution in [0.2, 0.25) is 0 Å². The molecule has 1 amide bonds. The minimum absolute atomic E-state index is 0.215. The normalized spacial score (nSPS) is 10.6. The second-order valence-electron chi connectivity index (χ2n) is 5.75. The van der Waals surface area contributed by atoms with E-state index in [0.29, 0.717) is 17.1 Å². The zero-order valence-corrected chi connectivity index (χ0v) is 14.9. The molecule has 0 atom stereocenters. The van der Waals surface area contributed by atoms with Crippen LogP contribution in [0.3, 0.4) is 0 Å². The molecule has 1 heterocycles. The molecule has 134 valence electrons. The second kappa shape index (κ2) is 7.79. The van der Waals surface area contributed by atoms with E-state index in [-0.39, 0.29) is 18.2 Å². The van der Waals surface area contributed by atoms with Crippen LogP contribution in [0.25, 0.3) is 5.69 Å². The van der Waals surface area contributed by atoms with Crippen LogP contribution in [0.1, 0.15) is 21.7 Å². The van der Waals surface area contributed by atoms with E-state index < -0.39 is 0 Å². The van der Waals surface area contributed by atoms with Gasteiger partial charge in [-0.3, -0.25) is 4.79 Å². The third-order valence-corrected chi connectivity index (χ3v) is 3.89. The Morgan fingerprint density at radius 2 is 1.77 bits per heavy atom. The van der Waals surface area contributed by atoms with E-state index in [1.807, 2.05) is 31.2 Å². The lowest BCUT2D eigenvalue weighted by atomic mass is 10.2. The Kier molecular flexibility index (Phi) is 5.28. The summed E-state index contributed by atoms with van der Waals surface area (Å²) in [5, 5.41) is 11.0. The van der Waals surface area contributed by atoms with Crippen molar-refractivity contribution in [3.8, 4) is 11.4 Å². The second-order valence-corrected chi connectivity index (χ2v) is 5.75. The lowest BCUT2D eigenvalue weighted by molar-refractivity contribution is 0.101. The molecule has 0 radical (unpaired) electrons. The van der Waals surface area contributed by atoms with Gasteiger partial charge < -0.3 is 14.8 Å². The van der Waals surface area contributed by atoms with Crippen molar-refractivity contribution in [2.45, 2.75) is 13.5 Å². The van der Waals surface area contributed by atoms with Crippen molar-refractivity contribution in [2.24, 2.45) is 0 Å². The molecular formula is C19H20N4O3. The predicted molar refractivity (Wildman–Crippen MR) is 97.8 cm³/mol. The third-order valence-electron chi connectivity index (χ3n) is 3.89. The topological polar surface area (TPSA) is 78.3 Å². The SMILES string of the molecule is COCc1c(C(=O)Nc2ccc(OC)cc2)nnn1-c1ccc(C)cc1. The summed E-state index contributed by atoms with van der Waals surface area (Å²) in [5.41, 5.74) is 3.41. The third kappa shape index (κ3) is 3.73. The number of hydrogen-bond donors (Lipinski definition) is 1. The van der Waals surface area contributed by atoms with Crippen molar-refractivity contribution in [3.05, 3.63) is 65.5 Å². The molecule has 1 aromatic heterocycles. The number of aromatic nitrogens is 3. The minimum Gasteiger partial charge on any atom is -0.497 e. The van der Waals surface area contributed by atoms with Gasteiger partial charge in [0.05, 0.1) is 19.4 Å². The van der Waals surface area contributed by atoms with Gasteiger partial charge in [-0.2, -0.15) is 0 Å². The summed E-state index contributed by atoms with van der Waals surface area (Å²) in [5.74, 6) is 0.369. The number of nitrogens with one attached hydrogen (secondary N) is 1. The Morgan fingerprint density at radius 3 is 2.38 bits per heavy atom. The number of amides is 1. The van der Waals surface area contributed by atoms with Gasteiger partial charge in [0, 0.05) is 12.8 Å². The maximum absolute atomic E-state index is 12.6. The van der Waals surface area contributed by atoms with E-state index in [0.717, 1.165) is 11.3 Å². The van der Waals surface area contributed by atoms with Crippen LogP contribution in [0.15, 0.2) is 48.5 Å². The highest BCUT2D eigenvalue weighted by Crippen LogP contribution is 2.18. The number of methoxy groups -OCH3 is 2. The fraction of sp³-hybridized carbons (Fsp3) is 0.211. The van der Waals surface area contributed by atoms with Gasteiger partial charge in [-0.1, -0.05) is 22.9 Å². The van der Waals surface area contributed by atoms with Crippen molar-refractivity contribution in [1.29, 1.82) is 0 Å². The number of carbonyl (C=O) groups excluding carboxylic acids is 1. The van der Waals surface area contributed by atoms with E-state index in [2.05, 4.69) is 15.6 Å². The van der Waals surface area contributed by atoms with Gasteiger partial charge in [0.15, 0.2) is 5.69 Å². The molecule has 0 aliphatic heterocycles. The largest absolute Gasteiger partial charge is 0.497 e. The molecule has 3 aromatic rings. The smallest absolute Gasteiger partial charge is 0.278 e.